The molecule has 0 amide bonds. The summed E-state index contributed by atoms with van der Waals surface area (Å²) in [6.45, 7) is 2.18. The van der Waals surface area contributed by atoms with Crippen molar-refractivity contribution in [1.29, 1.82) is 0 Å². The number of anilines is 1. The van der Waals surface area contributed by atoms with E-state index < -0.39 is 16.6 Å². The van der Waals surface area contributed by atoms with E-state index in [4.69, 9.17) is 25.5 Å². The highest BCUT2D eigenvalue weighted by atomic mass is 35.5. The lowest BCUT2D eigenvalue weighted by Gasteiger charge is -2.22. The maximum Gasteiger partial charge on any atom is 0.373 e. The molecule has 0 unspecified atom stereocenters. The average molecular weight is 447 g/mol. The summed E-state index contributed by atoms with van der Waals surface area (Å²) in [7, 11) is 0. The molecule has 0 aliphatic heterocycles. The van der Waals surface area contributed by atoms with E-state index in [0.717, 1.165) is 6.33 Å². The van der Waals surface area contributed by atoms with Crippen LogP contribution in [0.25, 0.3) is 0 Å². The highest BCUT2D eigenvalue weighted by molar-refractivity contribution is 6.30. The number of esters is 1. The average Bonchev–Trinajstić information content (AvgIpc) is 3.24. The summed E-state index contributed by atoms with van der Waals surface area (Å²) in [5, 5.41) is 12.3. The standard InChI is InChI=1S/C20H19ClN4O6/c1-2-29-17(26)8-9-24(12-16-7-4-10-30-16)19-18(25(27)28)20(23-13-22-19)31-15-6-3-5-14(21)11-15/h3-7,10-11,13H,2,8-9,12H2,1H3. The molecule has 0 aliphatic carbocycles. The third-order valence-electron chi connectivity index (χ3n) is 4.08. The molecule has 0 atom stereocenters. The van der Waals surface area contributed by atoms with Gasteiger partial charge in [-0.1, -0.05) is 17.7 Å². The van der Waals surface area contributed by atoms with Crippen molar-refractivity contribution in [1.82, 2.24) is 9.97 Å². The van der Waals surface area contributed by atoms with E-state index in [9.17, 15) is 14.9 Å². The zero-order chi connectivity index (χ0) is 22.2. The normalized spacial score (nSPS) is 10.5. The Kier molecular flexibility index (Phi) is 7.39. The van der Waals surface area contributed by atoms with Crippen LogP contribution in [0.5, 0.6) is 11.6 Å². The first-order valence-electron chi connectivity index (χ1n) is 9.33. The SMILES string of the molecule is CCOC(=O)CCN(Cc1ccco1)c1ncnc(Oc2cccc(Cl)c2)c1[N+](=O)[O-]. The molecule has 0 aliphatic rings. The highest BCUT2D eigenvalue weighted by Crippen LogP contribution is 2.37. The second-order valence-electron chi connectivity index (χ2n) is 6.22. The molecule has 0 spiro atoms. The quantitative estimate of drug-likeness (QED) is 0.253. The minimum atomic E-state index is -0.630. The lowest BCUT2D eigenvalue weighted by atomic mass is 10.3. The first-order valence-corrected chi connectivity index (χ1v) is 9.71. The van der Waals surface area contributed by atoms with Gasteiger partial charge in [0.1, 0.15) is 17.8 Å². The van der Waals surface area contributed by atoms with E-state index in [2.05, 4.69) is 9.97 Å². The predicted molar refractivity (Wildman–Crippen MR) is 111 cm³/mol. The van der Waals surface area contributed by atoms with Crippen LogP contribution in [0.1, 0.15) is 19.1 Å². The van der Waals surface area contributed by atoms with E-state index in [0.29, 0.717) is 10.8 Å². The first kappa shape index (κ1) is 22.0. The number of halogens is 1. The fourth-order valence-electron chi connectivity index (χ4n) is 2.77. The zero-order valence-corrected chi connectivity index (χ0v) is 17.3. The Balaban J connectivity index is 1.96. The van der Waals surface area contributed by atoms with Crippen molar-refractivity contribution in [3.63, 3.8) is 0 Å². The molecule has 0 fully saturated rings. The van der Waals surface area contributed by atoms with Gasteiger partial charge < -0.3 is 18.8 Å². The molecular weight excluding hydrogens is 428 g/mol. The molecule has 0 saturated heterocycles. The highest BCUT2D eigenvalue weighted by Gasteiger charge is 2.29. The monoisotopic (exact) mass is 446 g/mol. The third kappa shape index (κ3) is 5.92. The number of benzene rings is 1. The molecule has 162 valence electrons. The van der Waals surface area contributed by atoms with Crippen molar-refractivity contribution in [2.75, 3.05) is 18.1 Å². The van der Waals surface area contributed by atoms with Gasteiger partial charge in [0.15, 0.2) is 0 Å². The molecule has 31 heavy (non-hydrogen) atoms. The summed E-state index contributed by atoms with van der Waals surface area (Å²) in [6, 6.07) is 9.81. The number of carbonyl (C=O) groups is 1. The van der Waals surface area contributed by atoms with Gasteiger partial charge in [0.25, 0.3) is 0 Å². The van der Waals surface area contributed by atoms with Crippen LogP contribution in [0.15, 0.2) is 53.4 Å². The first-order chi connectivity index (χ1) is 15.0. The lowest BCUT2D eigenvalue weighted by molar-refractivity contribution is -0.385. The van der Waals surface area contributed by atoms with Crippen LogP contribution in [0.4, 0.5) is 11.5 Å². The minimum Gasteiger partial charge on any atom is -0.467 e. The van der Waals surface area contributed by atoms with Gasteiger partial charge in [-0.05, 0) is 37.3 Å². The molecule has 0 bridgehead atoms. The van der Waals surface area contributed by atoms with Crippen LogP contribution in [0.3, 0.4) is 0 Å². The largest absolute Gasteiger partial charge is 0.467 e. The number of nitro groups is 1. The summed E-state index contributed by atoms with van der Waals surface area (Å²) in [5.74, 6) is 0.119. The topological polar surface area (TPSA) is 121 Å². The van der Waals surface area contributed by atoms with Crippen LogP contribution >= 0.6 is 11.6 Å². The molecule has 10 nitrogen and oxygen atoms in total. The summed E-state index contributed by atoms with van der Waals surface area (Å²) in [6.07, 6.45) is 2.64. The molecule has 3 rings (SSSR count). The van der Waals surface area contributed by atoms with Crippen molar-refractivity contribution < 1.29 is 23.6 Å². The fraction of sp³-hybridized carbons (Fsp3) is 0.250. The van der Waals surface area contributed by atoms with Crippen LogP contribution in [-0.2, 0) is 16.1 Å². The van der Waals surface area contributed by atoms with E-state index in [1.54, 1.807) is 42.2 Å². The van der Waals surface area contributed by atoms with E-state index in [1.165, 1.54) is 12.3 Å². The number of carbonyl (C=O) groups excluding carboxylic acids is 1. The van der Waals surface area contributed by atoms with Gasteiger partial charge in [-0.25, -0.2) is 4.98 Å². The number of aromatic nitrogens is 2. The van der Waals surface area contributed by atoms with E-state index in [1.807, 2.05) is 0 Å². The molecule has 0 N–H and O–H groups in total. The molecular formula is C20H19ClN4O6. The Labute approximate surface area is 182 Å². The second kappa shape index (κ2) is 10.4. The van der Waals surface area contributed by atoms with Crippen molar-refractivity contribution in [2.24, 2.45) is 0 Å². The molecule has 3 aromatic rings. The molecule has 2 aromatic heterocycles. The van der Waals surface area contributed by atoms with Gasteiger partial charge in [-0.3, -0.25) is 14.9 Å². The number of hydrogen-bond acceptors (Lipinski definition) is 9. The molecule has 0 saturated carbocycles. The summed E-state index contributed by atoms with van der Waals surface area (Å²) < 4.78 is 15.9. The predicted octanol–water partition coefficient (Wildman–Crippen LogP) is 4.38. The number of nitrogens with zero attached hydrogens (tertiary/aromatic N) is 4. The molecule has 2 heterocycles. The number of hydrogen-bond donors (Lipinski definition) is 0. The van der Waals surface area contributed by atoms with Crippen LogP contribution in [-0.4, -0.2) is 34.0 Å². The number of ether oxygens (including phenoxy) is 2. The minimum absolute atomic E-state index is 0.000188. The molecule has 1 aromatic carbocycles. The van der Waals surface area contributed by atoms with Crippen LogP contribution < -0.4 is 9.64 Å². The van der Waals surface area contributed by atoms with Gasteiger partial charge in [0.05, 0.1) is 30.8 Å². The molecule has 11 heteroatoms. The van der Waals surface area contributed by atoms with Crippen molar-refractivity contribution in [3.8, 4) is 11.6 Å². The lowest BCUT2D eigenvalue weighted by Crippen LogP contribution is -2.28. The molecule has 0 radical (unpaired) electrons. The Morgan fingerprint density at radius 2 is 2.13 bits per heavy atom. The smallest absolute Gasteiger partial charge is 0.373 e. The van der Waals surface area contributed by atoms with Gasteiger partial charge in [0.2, 0.25) is 5.82 Å². The van der Waals surface area contributed by atoms with Crippen molar-refractivity contribution in [2.45, 2.75) is 19.9 Å². The summed E-state index contributed by atoms with van der Waals surface area (Å²) in [4.78, 5) is 32.7. The maximum absolute atomic E-state index is 11.9. The Morgan fingerprint density at radius 3 is 2.81 bits per heavy atom. The Morgan fingerprint density at radius 1 is 1.29 bits per heavy atom. The van der Waals surface area contributed by atoms with Crippen molar-refractivity contribution in [3.05, 3.63) is 69.9 Å². The number of rotatable bonds is 10. The van der Waals surface area contributed by atoms with Gasteiger partial charge in [0, 0.05) is 11.6 Å². The van der Waals surface area contributed by atoms with Gasteiger partial charge >= 0.3 is 17.5 Å². The summed E-state index contributed by atoms with van der Waals surface area (Å²) >= 11 is 5.96. The van der Waals surface area contributed by atoms with Crippen LogP contribution in [0.2, 0.25) is 5.02 Å². The van der Waals surface area contributed by atoms with Gasteiger partial charge in [-0.15, -0.1) is 0 Å². The Hall–Kier alpha value is -3.66. The van der Waals surface area contributed by atoms with Crippen LogP contribution in [0, 0.1) is 10.1 Å². The van der Waals surface area contributed by atoms with Gasteiger partial charge in [-0.2, -0.15) is 4.98 Å². The van der Waals surface area contributed by atoms with Crippen molar-refractivity contribution >= 4 is 29.1 Å². The summed E-state index contributed by atoms with van der Waals surface area (Å²) in [5.41, 5.74) is -0.446. The Bertz CT molecular complexity index is 1040. The van der Waals surface area contributed by atoms with E-state index >= 15 is 0 Å². The van der Waals surface area contributed by atoms with E-state index in [-0.39, 0.29) is 43.6 Å². The third-order valence-corrected chi connectivity index (χ3v) is 4.32. The number of furan rings is 1. The second-order valence-corrected chi connectivity index (χ2v) is 6.66. The maximum atomic E-state index is 11.9. The fourth-order valence-corrected chi connectivity index (χ4v) is 2.95. The zero-order valence-electron chi connectivity index (χ0n) is 16.6.